The Hall–Kier alpha value is -2.90. The summed E-state index contributed by atoms with van der Waals surface area (Å²) in [6, 6.07) is 13.4. The molecule has 25 heavy (non-hydrogen) atoms. The van der Waals surface area contributed by atoms with Crippen LogP contribution in [-0.4, -0.2) is 25.9 Å². The summed E-state index contributed by atoms with van der Waals surface area (Å²) in [6.45, 7) is -1.03. The Kier molecular flexibility index (Phi) is 6.10. The van der Waals surface area contributed by atoms with Gasteiger partial charge >= 0.3 is 6.18 Å². The molecule has 134 valence electrons. The number of nitrogens with zero attached hydrogens (tertiary/aromatic N) is 1. The molecule has 0 saturated carbocycles. The summed E-state index contributed by atoms with van der Waals surface area (Å²) in [6.07, 6.45) is -4.36. The Morgan fingerprint density at radius 1 is 1.04 bits per heavy atom. The fraction of sp³-hybridized carbons (Fsp3) is 0.235. The van der Waals surface area contributed by atoms with Gasteiger partial charge in [-0.1, -0.05) is 12.1 Å². The first kappa shape index (κ1) is 18.4. The maximum absolute atomic E-state index is 12.1. The lowest BCUT2D eigenvalue weighted by Gasteiger charge is -2.09. The van der Waals surface area contributed by atoms with Gasteiger partial charge in [0.25, 0.3) is 0 Å². The van der Waals surface area contributed by atoms with E-state index in [0.717, 1.165) is 17.0 Å². The van der Waals surface area contributed by atoms with Crippen LogP contribution in [0.5, 0.6) is 11.5 Å². The van der Waals surface area contributed by atoms with E-state index in [1.807, 2.05) is 0 Å². The van der Waals surface area contributed by atoms with Gasteiger partial charge in [-0.05, 0) is 42.0 Å². The topological polar surface area (TPSA) is 68.9 Å². The van der Waals surface area contributed by atoms with E-state index < -0.39 is 12.8 Å². The van der Waals surface area contributed by atoms with Crippen molar-refractivity contribution in [2.75, 3.05) is 19.0 Å². The molecule has 0 aliphatic carbocycles. The van der Waals surface area contributed by atoms with E-state index in [1.54, 1.807) is 43.5 Å². The highest BCUT2D eigenvalue weighted by Crippen LogP contribution is 2.19. The monoisotopic (exact) mass is 353 g/mol. The Morgan fingerprint density at radius 3 is 2.20 bits per heavy atom. The average molecular weight is 353 g/mol. The second kappa shape index (κ2) is 8.27. The minimum absolute atomic E-state index is 0.148. The van der Waals surface area contributed by atoms with Crippen LogP contribution in [0.1, 0.15) is 5.56 Å². The molecule has 0 bridgehead atoms. The normalized spacial score (nSPS) is 11.9. The second-order valence-corrected chi connectivity index (χ2v) is 5.10. The smallest absolute Gasteiger partial charge is 0.422 e. The predicted molar refractivity (Wildman–Crippen MR) is 89.9 cm³/mol. The summed E-state index contributed by atoms with van der Waals surface area (Å²) >= 11 is 0. The molecule has 0 heterocycles. The van der Waals surface area contributed by atoms with E-state index in [-0.39, 0.29) is 18.3 Å². The molecule has 0 unspecified atom stereocenters. The zero-order valence-corrected chi connectivity index (χ0v) is 13.5. The van der Waals surface area contributed by atoms with E-state index in [9.17, 15) is 13.2 Å². The minimum atomic E-state index is -4.36. The summed E-state index contributed by atoms with van der Waals surface area (Å²) in [7, 11) is 1.58. The van der Waals surface area contributed by atoms with Gasteiger partial charge in [0.1, 0.15) is 11.5 Å². The molecule has 0 aliphatic rings. The third kappa shape index (κ3) is 6.62. The molecule has 8 heteroatoms. The van der Waals surface area contributed by atoms with E-state index in [1.165, 1.54) is 12.1 Å². The average Bonchev–Trinajstić information content (AvgIpc) is 2.59. The molecule has 0 atom stereocenters. The number of benzene rings is 2. The number of anilines is 1. The highest BCUT2D eigenvalue weighted by molar-refractivity contribution is 5.92. The van der Waals surface area contributed by atoms with E-state index in [0.29, 0.717) is 0 Å². The van der Waals surface area contributed by atoms with Crippen molar-refractivity contribution in [3.8, 4) is 11.5 Å². The first-order valence-corrected chi connectivity index (χ1v) is 7.35. The number of ether oxygens (including phenoxy) is 2. The number of methoxy groups -OCH3 is 1. The molecule has 3 N–H and O–H groups in total. The van der Waals surface area contributed by atoms with Crippen molar-refractivity contribution in [1.29, 1.82) is 0 Å². The van der Waals surface area contributed by atoms with Gasteiger partial charge in [0.15, 0.2) is 12.6 Å². The SMILES string of the molecule is COc1ccc(NC(N)=NCc2ccc(OCC(F)(F)F)cc2)cc1. The third-order valence-electron chi connectivity index (χ3n) is 3.12. The van der Waals surface area contributed by atoms with Crippen molar-refractivity contribution in [3.63, 3.8) is 0 Å². The summed E-state index contributed by atoms with van der Waals surface area (Å²) in [5.41, 5.74) is 7.36. The number of hydrogen-bond acceptors (Lipinski definition) is 3. The van der Waals surface area contributed by atoms with Crippen LogP contribution < -0.4 is 20.5 Å². The van der Waals surface area contributed by atoms with Crippen molar-refractivity contribution < 1.29 is 22.6 Å². The van der Waals surface area contributed by atoms with Gasteiger partial charge in [0, 0.05) is 5.69 Å². The first-order valence-electron chi connectivity index (χ1n) is 7.35. The van der Waals surface area contributed by atoms with Gasteiger partial charge in [-0.2, -0.15) is 13.2 Å². The van der Waals surface area contributed by atoms with Crippen LogP contribution in [0, 0.1) is 0 Å². The molecule has 0 aromatic heterocycles. The van der Waals surface area contributed by atoms with Crippen molar-refractivity contribution in [1.82, 2.24) is 0 Å². The van der Waals surface area contributed by atoms with Crippen LogP contribution in [0.4, 0.5) is 18.9 Å². The van der Waals surface area contributed by atoms with Crippen molar-refractivity contribution in [3.05, 3.63) is 54.1 Å². The number of alkyl halides is 3. The van der Waals surface area contributed by atoms with E-state index in [2.05, 4.69) is 15.0 Å². The Morgan fingerprint density at radius 2 is 1.64 bits per heavy atom. The fourth-order valence-electron chi connectivity index (χ4n) is 1.89. The summed E-state index contributed by atoms with van der Waals surface area (Å²) in [5, 5.41) is 2.93. The first-order chi connectivity index (χ1) is 11.9. The van der Waals surface area contributed by atoms with Crippen molar-refractivity contribution in [2.24, 2.45) is 10.7 Å². The molecule has 2 aromatic rings. The Balaban J connectivity index is 1.87. The van der Waals surface area contributed by atoms with Gasteiger partial charge < -0.3 is 20.5 Å². The summed E-state index contributed by atoms with van der Waals surface area (Å²) in [4.78, 5) is 4.18. The lowest BCUT2D eigenvalue weighted by molar-refractivity contribution is -0.153. The molecule has 0 radical (unpaired) electrons. The van der Waals surface area contributed by atoms with Crippen LogP contribution in [0.2, 0.25) is 0 Å². The molecular weight excluding hydrogens is 335 g/mol. The van der Waals surface area contributed by atoms with Crippen LogP contribution in [0.15, 0.2) is 53.5 Å². The van der Waals surface area contributed by atoms with Crippen LogP contribution in [0.25, 0.3) is 0 Å². The van der Waals surface area contributed by atoms with Gasteiger partial charge in [0.05, 0.1) is 13.7 Å². The van der Waals surface area contributed by atoms with Crippen molar-refractivity contribution in [2.45, 2.75) is 12.7 Å². The lowest BCUT2D eigenvalue weighted by atomic mass is 10.2. The largest absolute Gasteiger partial charge is 0.497 e. The Bertz CT molecular complexity index is 699. The molecule has 5 nitrogen and oxygen atoms in total. The van der Waals surface area contributed by atoms with E-state index in [4.69, 9.17) is 10.5 Å². The highest BCUT2D eigenvalue weighted by atomic mass is 19.4. The van der Waals surface area contributed by atoms with Gasteiger partial charge in [-0.25, -0.2) is 4.99 Å². The van der Waals surface area contributed by atoms with E-state index >= 15 is 0 Å². The number of guanidine groups is 1. The number of rotatable bonds is 6. The molecule has 0 fully saturated rings. The maximum Gasteiger partial charge on any atom is 0.422 e. The lowest BCUT2D eigenvalue weighted by Crippen LogP contribution is -2.22. The zero-order valence-electron chi connectivity index (χ0n) is 13.5. The number of halogens is 3. The maximum atomic E-state index is 12.1. The molecule has 2 rings (SSSR count). The fourth-order valence-corrected chi connectivity index (χ4v) is 1.89. The molecule has 0 spiro atoms. The number of hydrogen-bond donors (Lipinski definition) is 2. The molecule has 2 aromatic carbocycles. The molecule has 0 aliphatic heterocycles. The van der Waals surface area contributed by atoms with Gasteiger partial charge in [-0.15, -0.1) is 0 Å². The van der Waals surface area contributed by atoms with Gasteiger partial charge in [0.2, 0.25) is 0 Å². The number of nitrogens with one attached hydrogen (secondary N) is 1. The predicted octanol–water partition coefficient (Wildman–Crippen LogP) is 3.56. The zero-order chi connectivity index (χ0) is 18.3. The molecule has 0 amide bonds. The standard InChI is InChI=1S/C17H18F3N3O2/c1-24-14-8-4-13(5-9-14)23-16(21)22-10-12-2-6-15(7-3-12)25-11-17(18,19)20/h2-9H,10-11H2,1H3,(H3,21,22,23). The second-order valence-electron chi connectivity index (χ2n) is 5.10. The van der Waals surface area contributed by atoms with Crippen LogP contribution in [-0.2, 0) is 6.54 Å². The summed E-state index contributed by atoms with van der Waals surface area (Å²) in [5.74, 6) is 1.10. The van der Waals surface area contributed by atoms with Crippen LogP contribution in [0.3, 0.4) is 0 Å². The van der Waals surface area contributed by atoms with Crippen LogP contribution >= 0.6 is 0 Å². The molecule has 0 saturated heterocycles. The number of aliphatic imine (C=N–C) groups is 1. The third-order valence-corrected chi connectivity index (χ3v) is 3.12. The quantitative estimate of drug-likeness (QED) is 0.615. The minimum Gasteiger partial charge on any atom is -0.497 e. The van der Waals surface area contributed by atoms with Gasteiger partial charge in [-0.3, -0.25) is 0 Å². The highest BCUT2D eigenvalue weighted by Gasteiger charge is 2.28. The Labute approximate surface area is 143 Å². The molecular formula is C17H18F3N3O2. The van der Waals surface area contributed by atoms with Crippen molar-refractivity contribution >= 4 is 11.6 Å². The number of nitrogens with two attached hydrogens (primary N) is 1. The summed E-state index contributed by atoms with van der Waals surface area (Å²) < 4.78 is 45.9.